The van der Waals surface area contributed by atoms with E-state index >= 15 is 0 Å². The lowest BCUT2D eigenvalue weighted by Crippen LogP contribution is -1.77. The van der Waals surface area contributed by atoms with Crippen LogP contribution in [0.25, 0.3) is 0 Å². The first kappa shape index (κ1) is 8.22. The molecule has 0 N–H and O–H groups in total. The van der Waals surface area contributed by atoms with Gasteiger partial charge >= 0.3 is 0 Å². The predicted octanol–water partition coefficient (Wildman–Crippen LogP) is 3.08. The van der Waals surface area contributed by atoms with E-state index in [0.717, 1.165) is 6.42 Å². The summed E-state index contributed by atoms with van der Waals surface area (Å²) in [6.07, 6.45) is 4.79. The monoisotopic (exact) mass is 122 g/mol. The van der Waals surface area contributed by atoms with E-state index < -0.39 is 0 Å². The van der Waals surface area contributed by atoms with Crippen molar-refractivity contribution < 1.29 is 0 Å². The minimum Gasteiger partial charge on any atom is -0.0988 e. The van der Waals surface area contributed by atoms with Crippen LogP contribution in [0, 0.1) is 0 Å². The van der Waals surface area contributed by atoms with Crippen LogP contribution in [0.15, 0.2) is 36.5 Å². The van der Waals surface area contributed by atoms with Crippen molar-refractivity contribution in [2.24, 2.45) is 0 Å². The molecule has 0 radical (unpaired) electrons. The van der Waals surface area contributed by atoms with Crippen molar-refractivity contribution in [1.29, 1.82) is 0 Å². The third-order valence-electron chi connectivity index (χ3n) is 1.44. The molecule has 0 saturated carbocycles. The quantitative estimate of drug-likeness (QED) is 0.504. The van der Waals surface area contributed by atoms with E-state index in [2.05, 4.69) is 20.1 Å². The van der Waals surface area contributed by atoms with Gasteiger partial charge in [-0.15, -0.1) is 0 Å². The number of allylic oxidation sites excluding steroid dienone is 4. The first-order valence-corrected chi connectivity index (χ1v) is 3.20. The van der Waals surface area contributed by atoms with E-state index in [1.165, 1.54) is 11.1 Å². The molecule has 0 nitrogen and oxygen atoms in total. The van der Waals surface area contributed by atoms with Gasteiger partial charge in [0.1, 0.15) is 0 Å². The summed E-state index contributed by atoms with van der Waals surface area (Å²) < 4.78 is 0. The van der Waals surface area contributed by atoms with Crippen LogP contribution >= 0.6 is 0 Å². The number of hydrogen-bond acceptors (Lipinski definition) is 0. The van der Waals surface area contributed by atoms with Crippen LogP contribution in [0.2, 0.25) is 0 Å². The Morgan fingerprint density at radius 2 is 1.89 bits per heavy atom. The second kappa shape index (κ2) is 4.13. The van der Waals surface area contributed by atoms with Crippen LogP contribution < -0.4 is 0 Å². The second-order valence-corrected chi connectivity index (χ2v) is 1.97. The highest BCUT2D eigenvalue weighted by Crippen LogP contribution is 2.08. The summed E-state index contributed by atoms with van der Waals surface area (Å²) in [6, 6.07) is 0. The first-order valence-electron chi connectivity index (χ1n) is 3.20. The van der Waals surface area contributed by atoms with Gasteiger partial charge in [-0.1, -0.05) is 32.2 Å². The van der Waals surface area contributed by atoms with Crippen LogP contribution in [0.5, 0.6) is 0 Å². The van der Waals surface area contributed by atoms with Gasteiger partial charge < -0.3 is 0 Å². The van der Waals surface area contributed by atoms with E-state index in [9.17, 15) is 0 Å². The molecule has 0 spiro atoms. The molecule has 0 fully saturated rings. The largest absolute Gasteiger partial charge is 0.0988 e. The van der Waals surface area contributed by atoms with Crippen molar-refractivity contribution in [3.8, 4) is 0 Å². The molecule has 0 aliphatic heterocycles. The maximum absolute atomic E-state index is 3.70. The molecule has 0 aliphatic carbocycles. The third-order valence-corrected chi connectivity index (χ3v) is 1.44. The minimum atomic E-state index is 1.04. The highest BCUT2D eigenvalue weighted by molar-refractivity contribution is 5.28. The molecular weight excluding hydrogens is 108 g/mol. The van der Waals surface area contributed by atoms with E-state index in [-0.39, 0.29) is 0 Å². The van der Waals surface area contributed by atoms with Gasteiger partial charge in [0, 0.05) is 0 Å². The lowest BCUT2D eigenvalue weighted by Gasteiger charge is -1.98. The number of hydrogen-bond donors (Lipinski definition) is 0. The molecule has 0 bridgehead atoms. The van der Waals surface area contributed by atoms with Gasteiger partial charge in [0.05, 0.1) is 0 Å². The highest BCUT2D eigenvalue weighted by atomic mass is 13.9. The lowest BCUT2D eigenvalue weighted by atomic mass is 10.1. The summed E-state index contributed by atoms with van der Waals surface area (Å²) in [7, 11) is 0. The molecule has 0 saturated heterocycles. The zero-order chi connectivity index (χ0) is 7.28. The van der Waals surface area contributed by atoms with Crippen LogP contribution in [0.4, 0.5) is 0 Å². The maximum Gasteiger partial charge on any atom is -0.0305 e. The molecule has 0 heteroatoms. The molecule has 0 rings (SSSR count). The zero-order valence-corrected chi connectivity index (χ0v) is 6.28. The Morgan fingerprint density at radius 1 is 1.33 bits per heavy atom. The van der Waals surface area contributed by atoms with Gasteiger partial charge in [-0.25, -0.2) is 0 Å². The van der Waals surface area contributed by atoms with E-state index in [1.807, 2.05) is 19.1 Å². The molecule has 0 aromatic rings. The summed E-state index contributed by atoms with van der Waals surface area (Å²) in [6.45, 7) is 11.5. The molecular formula is C9H14. The van der Waals surface area contributed by atoms with Crippen molar-refractivity contribution in [2.75, 3.05) is 0 Å². The normalized spacial score (nSPS) is 12.2. The minimum absolute atomic E-state index is 1.04. The van der Waals surface area contributed by atoms with Crippen molar-refractivity contribution in [2.45, 2.75) is 20.3 Å². The highest BCUT2D eigenvalue weighted by Gasteiger charge is 1.88. The maximum atomic E-state index is 3.70. The summed E-state index contributed by atoms with van der Waals surface area (Å²) in [5.41, 5.74) is 2.51. The van der Waals surface area contributed by atoms with Gasteiger partial charge in [0.25, 0.3) is 0 Å². The van der Waals surface area contributed by atoms with E-state index in [1.54, 1.807) is 0 Å². The van der Waals surface area contributed by atoms with E-state index in [0.29, 0.717) is 0 Å². The molecule has 0 aromatic carbocycles. The van der Waals surface area contributed by atoms with Crippen LogP contribution in [-0.4, -0.2) is 0 Å². The van der Waals surface area contributed by atoms with Gasteiger partial charge in [-0.05, 0) is 24.5 Å². The fourth-order valence-corrected chi connectivity index (χ4v) is 0.715. The van der Waals surface area contributed by atoms with Crippen molar-refractivity contribution in [3.05, 3.63) is 36.5 Å². The Labute approximate surface area is 57.6 Å². The Morgan fingerprint density at radius 3 is 2.00 bits per heavy atom. The number of rotatable bonds is 3. The second-order valence-electron chi connectivity index (χ2n) is 1.97. The van der Waals surface area contributed by atoms with Gasteiger partial charge in [-0.3, -0.25) is 0 Å². The summed E-state index contributed by atoms with van der Waals surface area (Å²) in [5, 5.41) is 0. The standard InChI is InChI=1S/C9H14/c1-5-8(4)9(6-2)7-3/h5-6H,1-2,7H2,3-4H3. The molecule has 0 aromatic heterocycles. The Hall–Kier alpha value is -0.780. The Kier molecular flexibility index (Phi) is 3.78. The summed E-state index contributed by atoms with van der Waals surface area (Å²) >= 11 is 0. The zero-order valence-electron chi connectivity index (χ0n) is 6.28. The average Bonchev–Trinajstić information content (AvgIpc) is 1.90. The fraction of sp³-hybridized carbons (Fsp3) is 0.333. The van der Waals surface area contributed by atoms with E-state index in [4.69, 9.17) is 0 Å². The molecule has 0 atom stereocenters. The molecule has 9 heavy (non-hydrogen) atoms. The predicted molar refractivity (Wildman–Crippen MR) is 43.4 cm³/mol. The smallest absolute Gasteiger partial charge is 0.0305 e. The van der Waals surface area contributed by atoms with Crippen LogP contribution in [0.1, 0.15) is 20.3 Å². The van der Waals surface area contributed by atoms with Gasteiger partial charge in [-0.2, -0.15) is 0 Å². The average molecular weight is 122 g/mol. The van der Waals surface area contributed by atoms with Crippen molar-refractivity contribution in [1.82, 2.24) is 0 Å². The van der Waals surface area contributed by atoms with Gasteiger partial charge in [0.15, 0.2) is 0 Å². The Balaban J connectivity index is 4.36. The van der Waals surface area contributed by atoms with Crippen molar-refractivity contribution >= 4 is 0 Å². The molecule has 0 aliphatic rings. The third kappa shape index (κ3) is 2.31. The topological polar surface area (TPSA) is 0 Å². The van der Waals surface area contributed by atoms with Crippen LogP contribution in [0.3, 0.4) is 0 Å². The molecule has 0 unspecified atom stereocenters. The van der Waals surface area contributed by atoms with Crippen LogP contribution in [-0.2, 0) is 0 Å². The SMILES string of the molecule is C=CC(C)=C(C=C)CC. The van der Waals surface area contributed by atoms with Crippen molar-refractivity contribution in [3.63, 3.8) is 0 Å². The molecule has 0 amide bonds. The fourth-order valence-electron chi connectivity index (χ4n) is 0.715. The summed E-state index contributed by atoms with van der Waals surface area (Å²) in [5.74, 6) is 0. The summed E-state index contributed by atoms with van der Waals surface area (Å²) in [4.78, 5) is 0. The lowest BCUT2D eigenvalue weighted by molar-refractivity contribution is 1.12. The molecule has 0 heterocycles. The van der Waals surface area contributed by atoms with Gasteiger partial charge in [0.2, 0.25) is 0 Å². The first-order chi connectivity index (χ1) is 4.26. The molecule has 50 valence electrons. The Bertz CT molecular complexity index is 138.